The quantitative estimate of drug-likeness (QED) is 0.541. The summed E-state index contributed by atoms with van der Waals surface area (Å²) >= 11 is 0. The normalized spacial score (nSPS) is 17.1. The summed E-state index contributed by atoms with van der Waals surface area (Å²) in [6.07, 6.45) is -0.268. The van der Waals surface area contributed by atoms with Gasteiger partial charge in [-0.15, -0.1) is 0 Å². The van der Waals surface area contributed by atoms with E-state index in [0.29, 0.717) is 56.9 Å². The van der Waals surface area contributed by atoms with Crippen LogP contribution in [0.5, 0.6) is 0 Å². The van der Waals surface area contributed by atoms with Crippen molar-refractivity contribution in [2.24, 2.45) is 5.73 Å². The zero-order chi connectivity index (χ0) is 27.1. The Hall–Kier alpha value is -4.10. The van der Waals surface area contributed by atoms with Crippen LogP contribution in [0.1, 0.15) is 30.9 Å². The second-order valence-corrected chi connectivity index (χ2v) is 9.26. The van der Waals surface area contributed by atoms with Crippen molar-refractivity contribution in [2.45, 2.75) is 32.4 Å². The summed E-state index contributed by atoms with van der Waals surface area (Å²) in [5, 5.41) is 2.62. The molecule has 9 nitrogen and oxygen atoms in total. The van der Waals surface area contributed by atoms with Gasteiger partial charge in [-0.25, -0.2) is 9.18 Å². The number of nitrogens with zero attached hydrogens (tertiary/aromatic N) is 3. The topological polar surface area (TPSA) is 108 Å². The van der Waals surface area contributed by atoms with Gasteiger partial charge in [0.2, 0.25) is 11.8 Å². The number of benzene rings is 2. The molecule has 38 heavy (non-hydrogen) atoms. The number of hydrogen-bond acceptors (Lipinski definition) is 6. The molecule has 0 saturated carbocycles. The Morgan fingerprint density at radius 2 is 1.95 bits per heavy atom. The van der Waals surface area contributed by atoms with Crippen LogP contribution in [0.3, 0.4) is 0 Å². The molecule has 0 aromatic heterocycles. The Morgan fingerprint density at radius 3 is 2.66 bits per heavy atom. The van der Waals surface area contributed by atoms with Crippen molar-refractivity contribution in [3.63, 3.8) is 0 Å². The van der Waals surface area contributed by atoms with Crippen LogP contribution in [0.25, 0.3) is 0 Å². The molecule has 0 unspecified atom stereocenters. The maximum Gasteiger partial charge on any atom is 0.414 e. The highest BCUT2D eigenvalue weighted by Gasteiger charge is 2.33. The molecule has 0 aliphatic carbocycles. The van der Waals surface area contributed by atoms with Crippen molar-refractivity contribution in [2.75, 3.05) is 49.1 Å². The summed E-state index contributed by atoms with van der Waals surface area (Å²) in [6, 6.07) is 12.4. The maximum absolute atomic E-state index is 15.0. The van der Waals surface area contributed by atoms with Crippen molar-refractivity contribution in [3.05, 3.63) is 59.4 Å². The zero-order valence-electron chi connectivity index (χ0n) is 21.4. The number of ether oxygens (including phenoxy) is 1. The molecule has 2 heterocycles. The number of hydrogen-bond donors (Lipinski definition) is 2. The third-order valence-corrected chi connectivity index (χ3v) is 6.53. The van der Waals surface area contributed by atoms with Crippen molar-refractivity contribution >= 4 is 29.3 Å². The van der Waals surface area contributed by atoms with Crippen LogP contribution in [0, 0.1) is 17.7 Å². The monoisotopic (exact) mass is 521 g/mol. The van der Waals surface area contributed by atoms with E-state index >= 15 is 4.39 Å². The summed E-state index contributed by atoms with van der Waals surface area (Å²) in [5.74, 6) is 5.51. The molecule has 2 fully saturated rings. The fraction of sp³-hybridized carbons (Fsp3) is 0.393. The number of nitrogens with one attached hydrogen (secondary N) is 1. The average Bonchev–Trinajstić information content (AvgIpc) is 3.30. The van der Waals surface area contributed by atoms with E-state index in [2.05, 4.69) is 17.2 Å². The van der Waals surface area contributed by atoms with Gasteiger partial charge in [-0.1, -0.05) is 24.0 Å². The van der Waals surface area contributed by atoms with Gasteiger partial charge in [0, 0.05) is 58.1 Å². The number of anilines is 2. The van der Waals surface area contributed by atoms with E-state index in [-0.39, 0.29) is 24.9 Å². The molecular weight excluding hydrogens is 489 g/mol. The molecule has 2 aromatic rings. The summed E-state index contributed by atoms with van der Waals surface area (Å²) in [5.41, 5.74) is 8.38. The SMILES string of the molecule is CC(=O)NC[C@H]1CN(c2ccc(N3CCN(C(=O)CCC#Cc4cccc(CN)c4)CC3)c(F)c2)C(=O)O1. The molecule has 0 spiro atoms. The highest BCUT2D eigenvalue weighted by atomic mass is 19.1. The van der Waals surface area contributed by atoms with Gasteiger partial charge in [0.25, 0.3) is 0 Å². The van der Waals surface area contributed by atoms with E-state index in [1.165, 1.54) is 17.9 Å². The zero-order valence-corrected chi connectivity index (χ0v) is 21.4. The fourth-order valence-electron chi connectivity index (χ4n) is 4.48. The highest BCUT2D eigenvalue weighted by molar-refractivity contribution is 5.90. The smallest absolute Gasteiger partial charge is 0.414 e. The van der Waals surface area contributed by atoms with Crippen LogP contribution in [-0.4, -0.2) is 68.2 Å². The minimum absolute atomic E-state index is 0.0341. The van der Waals surface area contributed by atoms with Crippen LogP contribution >= 0.6 is 0 Å². The first-order chi connectivity index (χ1) is 18.3. The molecule has 0 radical (unpaired) electrons. The average molecular weight is 522 g/mol. The van der Waals surface area contributed by atoms with E-state index in [1.807, 2.05) is 29.2 Å². The molecule has 3 N–H and O–H groups in total. The lowest BCUT2D eigenvalue weighted by Gasteiger charge is -2.36. The standard InChI is InChI=1S/C28H32FN5O4/c1-20(35)31-18-24-19-34(28(37)38-24)23-9-10-26(25(29)16-23)32-11-13-33(14-12-32)27(36)8-3-2-5-21-6-4-7-22(15-21)17-30/h4,6-7,9-10,15-16,24H,3,8,11-14,17-19,30H2,1H3,(H,31,35)/t24-/m0/s1. The predicted octanol–water partition coefficient (Wildman–Crippen LogP) is 2.23. The van der Waals surface area contributed by atoms with Crippen LogP contribution < -0.4 is 20.9 Å². The first-order valence-electron chi connectivity index (χ1n) is 12.7. The number of rotatable bonds is 7. The predicted molar refractivity (Wildman–Crippen MR) is 142 cm³/mol. The lowest BCUT2D eigenvalue weighted by Crippen LogP contribution is -2.49. The van der Waals surface area contributed by atoms with Gasteiger partial charge in [0.15, 0.2) is 0 Å². The Balaban J connectivity index is 1.26. The number of nitrogens with two attached hydrogens (primary N) is 1. The molecule has 2 aliphatic rings. The molecule has 1 atom stereocenters. The van der Waals surface area contributed by atoms with Gasteiger partial charge < -0.3 is 25.6 Å². The molecule has 10 heteroatoms. The lowest BCUT2D eigenvalue weighted by atomic mass is 10.1. The van der Waals surface area contributed by atoms with Gasteiger partial charge in [0.1, 0.15) is 11.9 Å². The largest absolute Gasteiger partial charge is 0.442 e. The molecular formula is C28H32FN5O4. The Kier molecular flexibility index (Phi) is 8.81. The van der Waals surface area contributed by atoms with Crippen LogP contribution in [0.15, 0.2) is 42.5 Å². The van der Waals surface area contributed by atoms with Gasteiger partial charge >= 0.3 is 6.09 Å². The summed E-state index contributed by atoms with van der Waals surface area (Å²) in [7, 11) is 0. The molecule has 0 bridgehead atoms. The van der Waals surface area contributed by atoms with Crippen molar-refractivity contribution in [1.29, 1.82) is 0 Å². The van der Waals surface area contributed by atoms with Crippen LogP contribution in [0.2, 0.25) is 0 Å². The molecule has 2 aromatic carbocycles. The minimum Gasteiger partial charge on any atom is -0.442 e. The third-order valence-electron chi connectivity index (χ3n) is 6.53. The number of halogens is 1. The summed E-state index contributed by atoms with van der Waals surface area (Å²) < 4.78 is 20.3. The second-order valence-electron chi connectivity index (χ2n) is 9.26. The van der Waals surface area contributed by atoms with Gasteiger partial charge in [-0.2, -0.15) is 0 Å². The van der Waals surface area contributed by atoms with Crippen LogP contribution in [0.4, 0.5) is 20.6 Å². The van der Waals surface area contributed by atoms with E-state index in [1.54, 1.807) is 17.0 Å². The molecule has 4 rings (SSSR count). The number of cyclic esters (lactones) is 1. The maximum atomic E-state index is 15.0. The highest BCUT2D eigenvalue weighted by Crippen LogP contribution is 2.28. The van der Waals surface area contributed by atoms with Crippen molar-refractivity contribution in [3.8, 4) is 11.8 Å². The Labute approximate surface area is 221 Å². The number of amides is 3. The van der Waals surface area contributed by atoms with Gasteiger partial charge in [-0.3, -0.25) is 14.5 Å². The van der Waals surface area contributed by atoms with E-state index < -0.39 is 18.0 Å². The first kappa shape index (κ1) is 26.9. The summed E-state index contributed by atoms with van der Waals surface area (Å²) in [4.78, 5) is 41.0. The van der Waals surface area contributed by atoms with E-state index in [9.17, 15) is 14.4 Å². The minimum atomic E-state index is -0.576. The summed E-state index contributed by atoms with van der Waals surface area (Å²) in [6.45, 7) is 4.28. The number of piperazine rings is 1. The van der Waals surface area contributed by atoms with Crippen molar-refractivity contribution in [1.82, 2.24) is 10.2 Å². The van der Waals surface area contributed by atoms with Gasteiger partial charge in [0.05, 0.1) is 24.5 Å². The molecule has 2 saturated heterocycles. The molecule has 200 valence electrons. The Bertz CT molecular complexity index is 1250. The van der Waals surface area contributed by atoms with E-state index in [0.717, 1.165) is 11.1 Å². The molecule has 3 amide bonds. The van der Waals surface area contributed by atoms with Crippen molar-refractivity contribution < 1.29 is 23.5 Å². The van der Waals surface area contributed by atoms with Crippen LogP contribution in [-0.2, 0) is 20.9 Å². The first-order valence-corrected chi connectivity index (χ1v) is 12.7. The molecule has 2 aliphatic heterocycles. The van der Waals surface area contributed by atoms with E-state index in [4.69, 9.17) is 10.5 Å². The second kappa shape index (κ2) is 12.4. The lowest BCUT2D eigenvalue weighted by molar-refractivity contribution is -0.131. The number of carbonyl (C=O) groups is 3. The number of carbonyl (C=O) groups excluding carboxylic acids is 3. The Morgan fingerprint density at radius 1 is 1.16 bits per heavy atom. The third kappa shape index (κ3) is 6.81. The fourth-order valence-corrected chi connectivity index (χ4v) is 4.48. The van der Waals surface area contributed by atoms with Gasteiger partial charge in [-0.05, 0) is 35.9 Å².